The second kappa shape index (κ2) is 2.89. The first-order valence-electron chi connectivity index (χ1n) is 3.81. The van der Waals surface area contributed by atoms with Gasteiger partial charge < -0.3 is 10.3 Å². The highest BCUT2D eigenvalue weighted by molar-refractivity contribution is 5.10. The molecular weight excluding hydrogens is 170 g/mol. The molecule has 0 atom stereocenters. The van der Waals surface area contributed by atoms with Crippen LogP contribution in [-0.4, -0.2) is 19.9 Å². The highest BCUT2D eigenvalue weighted by Gasteiger charge is 2.02. The molecule has 13 heavy (non-hydrogen) atoms. The molecule has 2 N–H and O–H groups in total. The molecule has 2 rings (SSSR count). The second-order valence-corrected chi connectivity index (χ2v) is 2.73. The molecule has 0 bridgehead atoms. The lowest BCUT2D eigenvalue weighted by molar-refractivity contribution is 0.387. The zero-order valence-electron chi connectivity index (χ0n) is 7.14. The molecule has 0 aliphatic carbocycles. The summed E-state index contributed by atoms with van der Waals surface area (Å²) >= 11 is 0. The standard InChI is InChI=1S/C7H9N5O/c1-5-2-6(11-13-5)3-12-4-9-7(8)10-12/h2,4H,3H2,1H3,(H2,8,10). The normalized spacial score (nSPS) is 10.5. The van der Waals surface area contributed by atoms with E-state index in [2.05, 4.69) is 15.2 Å². The average molecular weight is 179 g/mol. The lowest BCUT2D eigenvalue weighted by Crippen LogP contribution is -2.01. The topological polar surface area (TPSA) is 82.8 Å². The number of hydrogen-bond acceptors (Lipinski definition) is 5. The molecule has 0 amide bonds. The Balaban J connectivity index is 2.14. The molecule has 6 nitrogen and oxygen atoms in total. The number of nitrogens with two attached hydrogens (primary N) is 1. The number of nitrogen functional groups attached to an aromatic ring is 1. The summed E-state index contributed by atoms with van der Waals surface area (Å²) in [5.74, 6) is 1.04. The fourth-order valence-corrected chi connectivity index (χ4v) is 1.04. The Morgan fingerprint density at radius 2 is 2.46 bits per heavy atom. The summed E-state index contributed by atoms with van der Waals surface area (Å²) in [6, 6.07) is 1.85. The molecule has 2 heterocycles. The van der Waals surface area contributed by atoms with Crippen molar-refractivity contribution < 1.29 is 4.52 Å². The van der Waals surface area contributed by atoms with Crippen LogP contribution in [0.3, 0.4) is 0 Å². The van der Waals surface area contributed by atoms with Gasteiger partial charge in [0.1, 0.15) is 17.8 Å². The molecule has 0 spiro atoms. The lowest BCUT2D eigenvalue weighted by Gasteiger charge is -1.92. The highest BCUT2D eigenvalue weighted by Crippen LogP contribution is 2.03. The third kappa shape index (κ3) is 1.66. The second-order valence-electron chi connectivity index (χ2n) is 2.73. The monoisotopic (exact) mass is 179 g/mol. The zero-order chi connectivity index (χ0) is 9.26. The van der Waals surface area contributed by atoms with E-state index in [-0.39, 0.29) is 5.95 Å². The van der Waals surface area contributed by atoms with Gasteiger partial charge in [-0.15, -0.1) is 5.10 Å². The molecule has 2 aromatic heterocycles. The molecule has 0 saturated carbocycles. The Hall–Kier alpha value is -1.85. The highest BCUT2D eigenvalue weighted by atomic mass is 16.5. The molecule has 68 valence electrons. The molecule has 2 aromatic rings. The van der Waals surface area contributed by atoms with Crippen molar-refractivity contribution in [2.45, 2.75) is 13.5 Å². The Morgan fingerprint density at radius 3 is 3.00 bits per heavy atom. The van der Waals surface area contributed by atoms with Gasteiger partial charge in [0.05, 0.1) is 6.54 Å². The van der Waals surface area contributed by atoms with Crippen molar-refractivity contribution in [2.75, 3.05) is 5.73 Å². The first-order chi connectivity index (χ1) is 6.24. The molecule has 0 fully saturated rings. The van der Waals surface area contributed by atoms with Crippen LogP contribution in [0.25, 0.3) is 0 Å². The number of aromatic nitrogens is 4. The van der Waals surface area contributed by atoms with Gasteiger partial charge in [0.2, 0.25) is 5.95 Å². The van der Waals surface area contributed by atoms with E-state index >= 15 is 0 Å². The Kier molecular flexibility index (Phi) is 1.73. The van der Waals surface area contributed by atoms with Crippen molar-refractivity contribution in [1.29, 1.82) is 0 Å². The van der Waals surface area contributed by atoms with E-state index in [9.17, 15) is 0 Å². The van der Waals surface area contributed by atoms with Crippen molar-refractivity contribution in [1.82, 2.24) is 19.9 Å². The summed E-state index contributed by atoms with van der Waals surface area (Å²) < 4.78 is 6.50. The molecule has 0 aromatic carbocycles. The number of anilines is 1. The molecule has 0 radical (unpaired) electrons. The van der Waals surface area contributed by atoms with Crippen LogP contribution in [0.15, 0.2) is 16.9 Å². The number of hydrogen-bond donors (Lipinski definition) is 1. The van der Waals surface area contributed by atoms with Gasteiger partial charge in [-0.1, -0.05) is 5.16 Å². The maximum Gasteiger partial charge on any atom is 0.239 e. The van der Waals surface area contributed by atoms with Crippen LogP contribution >= 0.6 is 0 Å². The molecule has 0 aliphatic rings. The van der Waals surface area contributed by atoms with Gasteiger partial charge in [-0.3, -0.25) is 0 Å². The molecule has 0 saturated heterocycles. The molecular formula is C7H9N5O. The van der Waals surface area contributed by atoms with Crippen molar-refractivity contribution in [3.05, 3.63) is 23.8 Å². The fourth-order valence-electron chi connectivity index (χ4n) is 1.04. The maximum absolute atomic E-state index is 5.35. The van der Waals surface area contributed by atoms with E-state index in [0.717, 1.165) is 11.5 Å². The van der Waals surface area contributed by atoms with Gasteiger partial charge in [-0.25, -0.2) is 9.67 Å². The summed E-state index contributed by atoms with van der Waals surface area (Å²) in [7, 11) is 0. The fraction of sp³-hybridized carbons (Fsp3) is 0.286. The van der Waals surface area contributed by atoms with Crippen LogP contribution in [0.2, 0.25) is 0 Å². The van der Waals surface area contributed by atoms with Gasteiger partial charge in [0, 0.05) is 6.07 Å². The predicted octanol–water partition coefficient (Wildman–Crippen LogP) is 0.205. The minimum absolute atomic E-state index is 0.264. The average Bonchev–Trinajstić information content (AvgIpc) is 2.62. The number of nitrogens with zero attached hydrogens (tertiary/aromatic N) is 4. The summed E-state index contributed by atoms with van der Waals surface area (Å²) in [4.78, 5) is 3.79. The largest absolute Gasteiger partial charge is 0.367 e. The first kappa shape index (κ1) is 7.78. The van der Waals surface area contributed by atoms with Crippen molar-refractivity contribution in [3.63, 3.8) is 0 Å². The third-order valence-corrected chi connectivity index (χ3v) is 1.55. The smallest absolute Gasteiger partial charge is 0.239 e. The maximum atomic E-state index is 5.35. The van der Waals surface area contributed by atoms with Gasteiger partial charge in [-0.05, 0) is 6.92 Å². The van der Waals surface area contributed by atoms with Gasteiger partial charge in [0.25, 0.3) is 0 Å². The van der Waals surface area contributed by atoms with Crippen LogP contribution in [-0.2, 0) is 6.54 Å². The van der Waals surface area contributed by atoms with Crippen LogP contribution < -0.4 is 5.73 Å². The van der Waals surface area contributed by atoms with Gasteiger partial charge >= 0.3 is 0 Å². The van der Waals surface area contributed by atoms with E-state index in [1.165, 1.54) is 0 Å². The Bertz CT molecular complexity index is 366. The van der Waals surface area contributed by atoms with Crippen molar-refractivity contribution in [2.24, 2.45) is 0 Å². The van der Waals surface area contributed by atoms with Crippen LogP contribution in [0.4, 0.5) is 5.95 Å². The zero-order valence-corrected chi connectivity index (χ0v) is 7.14. The van der Waals surface area contributed by atoms with Crippen LogP contribution in [0.1, 0.15) is 11.5 Å². The third-order valence-electron chi connectivity index (χ3n) is 1.55. The van der Waals surface area contributed by atoms with Gasteiger partial charge in [0.15, 0.2) is 0 Å². The predicted molar refractivity (Wildman–Crippen MR) is 44.8 cm³/mol. The summed E-state index contributed by atoms with van der Waals surface area (Å²) in [5.41, 5.74) is 6.16. The number of aryl methyl sites for hydroxylation is 1. The number of rotatable bonds is 2. The van der Waals surface area contributed by atoms with E-state index in [1.54, 1.807) is 11.0 Å². The Labute approximate surface area is 74.4 Å². The SMILES string of the molecule is Cc1cc(Cn2cnc(N)n2)no1. The van der Waals surface area contributed by atoms with Crippen LogP contribution in [0, 0.1) is 6.92 Å². The van der Waals surface area contributed by atoms with Crippen LogP contribution in [0.5, 0.6) is 0 Å². The van der Waals surface area contributed by atoms with E-state index < -0.39 is 0 Å². The quantitative estimate of drug-likeness (QED) is 0.712. The van der Waals surface area contributed by atoms with Crippen molar-refractivity contribution in [3.8, 4) is 0 Å². The molecule has 0 unspecified atom stereocenters. The lowest BCUT2D eigenvalue weighted by atomic mass is 10.4. The molecule has 6 heteroatoms. The summed E-state index contributed by atoms with van der Waals surface area (Å²) in [5, 5.41) is 7.73. The van der Waals surface area contributed by atoms with Gasteiger partial charge in [-0.2, -0.15) is 0 Å². The van der Waals surface area contributed by atoms with E-state index in [0.29, 0.717) is 6.54 Å². The van der Waals surface area contributed by atoms with E-state index in [1.807, 2.05) is 13.0 Å². The Morgan fingerprint density at radius 1 is 1.62 bits per heavy atom. The first-order valence-corrected chi connectivity index (χ1v) is 3.81. The summed E-state index contributed by atoms with van der Waals surface area (Å²) in [6.45, 7) is 2.37. The summed E-state index contributed by atoms with van der Waals surface area (Å²) in [6.07, 6.45) is 1.55. The minimum Gasteiger partial charge on any atom is -0.367 e. The minimum atomic E-state index is 0.264. The van der Waals surface area contributed by atoms with E-state index in [4.69, 9.17) is 10.3 Å². The molecule has 0 aliphatic heterocycles. The van der Waals surface area contributed by atoms with Crippen molar-refractivity contribution >= 4 is 5.95 Å².